The minimum absolute atomic E-state index is 0.0404. The van der Waals surface area contributed by atoms with Gasteiger partial charge in [0.2, 0.25) is 0 Å². The molecular formula is C28H30N6O5S. The number of ether oxygens (including phenoxy) is 1. The summed E-state index contributed by atoms with van der Waals surface area (Å²) in [5.41, 5.74) is 2.03. The lowest BCUT2D eigenvalue weighted by molar-refractivity contribution is 0.0985. The van der Waals surface area contributed by atoms with Crippen LogP contribution in [-0.2, 0) is 19.3 Å². The molecule has 1 aromatic heterocycles. The predicted molar refractivity (Wildman–Crippen MR) is 148 cm³/mol. The Hall–Kier alpha value is -4.05. The Morgan fingerprint density at radius 1 is 1.18 bits per heavy atom. The zero-order valence-electron chi connectivity index (χ0n) is 22.0. The molecule has 0 spiro atoms. The average Bonchev–Trinajstić information content (AvgIpc) is 3.80. The van der Waals surface area contributed by atoms with Crippen LogP contribution in [0.5, 0.6) is 0 Å². The maximum Gasteiger partial charge on any atom is 0.319 e. The summed E-state index contributed by atoms with van der Waals surface area (Å²) in [6, 6.07) is 16.3. The molecule has 1 saturated heterocycles. The van der Waals surface area contributed by atoms with Crippen molar-refractivity contribution in [2.45, 2.75) is 35.4 Å². The molecule has 0 unspecified atom stereocenters. The number of amides is 2. The quantitative estimate of drug-likeness (QED) is 0.375. The summed E-state index contributed by atoms with van der Waals surface area (Å²) >= 11 is 0. The van der Waals surface area contributed by atoms with Crippen LogP contribution in [0.25, 0.3) is 11.4 Å². The van der Waals surface area contributed by atoms with Crippen LogP contribution in [-0.4, -0.2) is 68.5 Å². The summed E-state index contributed by atoms with van der Waals surface area (Å²) in [6.45, 7) is 3.68. The number of hydrogen-bond donors (Lipinski definition) is 3. The minimum atomic E-state index is -3.81. The number of hydrogen-bond acceptors (Lipinski definition) is 9. The molecule has 3 N–H and O–H groups in total. The Kier molecular flexibility index (Phi) is 7.71. The summed E-state index contributed by atoms with van der Waals surface area (Å²) in [6.07, 6.45) is 0.853. The molecule has 1 aliphatic carbocycles. The first-order chi connectivity index (χ1) is 19.3. The van der Waals surface area contributed by atoms with Crippen molar-refractivity contribution in [3.8, 4) is 17.5 Å². The van der Waals surface area contributed by atoms with Gasteiger partial charge in [-0.15, -0.1) is 0 Å². The Labute approximate surface area is 232 Å². The second-order valence-corrected chi connectivity index (χ2v) is 12.1. The molecule has 0 radical (unpaired) electrons. The van der Waals surface area contributed by atoms with Crippen molar-refractivity contribution < 1.29 is 23.1 Å². The molecule has 0 bridgehead atoms. The Bertz CT molecular complexity index is 1530. The van der Waals surface area contributed by atoms with E-state index in [4.69, 9.17) is 25.1 Å². The standard InChI is InChI=1S/C28H30N6O5S/c1-19-18-39-15-13-34(19)25-16-24(28(10-11-28)40(37,38)23-8-2-20(17-29)3-9-23)32-26(33-25)21-4-6-22(7-5-21)31-27(36)30-12-14-35/h2-9,16,19,35H,10-15,18H2,1H3,(H2,30,31,36)/t19-/m0/s1. The molecule has 2 amide bonds. The Balaban J connectivity index is 1.53. The lowest BCUT2D eigenvalue weighted by atomic mass is 10.1. The van der Waals surface area contributed by atoms with Crippen molar-refractivity contribution in [3.63, 3.8) is 0 Å². The van der Waals surface area contributed by atoms with E-state index in [0.29, 0.717) is 66.8 Å². The number of benzene rings is 2. The highest BCUT2D eigenvalue weighted by Gasteiger charge is 2.58. The number of nitrogens with one attached hydrogen (secondary N) is 2. The van der Waals surface area contributed by atoms with Crippen molar-refractivity contribution in [1.82, 2.24) is 15.3 Å². The van der Waals surface area contributed by atoms with Gasteiger partial charge in [-0.2, -0.15) is 5.26 Å². The fourth-order valence-corrected chi connectivity index (χ4v) is 6.73. The largest absolute Gasteiger partial charge is 0.395 e. The zero-order valence-corrected chi connectivity index (χ0v) is 22.8. The smallest absolute Gasteiger partial charge is 0.319 e. The highest BCUT2D eigenvalue weighted by Crippen LogP contribution is 2.55. The van der Waals surface area contributed by atoms with Gasteiger partial charge in [-0.3, -0.25) is 0 Å². The van der Waals surface area contributed by atoms with E-state index >= 15 is 0 Å². The topological polar surface area (TPSA) is 158 Å². The van der Waals surface area contributed by atoms with Gasteiger partial charge in [0.05, 0.1) is 48.1 Å². The van der Waals surface area contributed by atoms with Gasteiger partial charge in [0.25, 0.3) is 0 Å². The molecule has 11 nitrogen and oxygen atoms in total. The molecule has 2 aliphatic rings. The maximum absolute atomic E-state index is 13.9. The molecule has 2 heterocycles. The molecule has 40 heavy (non-hydrogen) atoms. The van der Waals surface area contributed by atoms with Crippen molar-refractivity contribution in [3.05, 3.63) is 65.9 Å². The van der Waals surface area contributed by atoms with Crippen LogP contribution in [0.15, 0.2) is 59.5 Å². The number of nitriles is 1. The monoisotopic (exact) mass is 562 g/mol. The second-order valence-electron chi connectivity index (χ2n) is 9.87. The molecule has 208 valence electrons. The van der Waals surface area contributed by atoms with Crippen LogP contribution < -0.4 is 15.5 Å². The average molecular weight is 563 g/mol. The van der Waals surface area contributed by atoms with Crippen molar-refractivity contribution >= 4 is 27.4 Å². The first-order valence-electron chi connectivity index (χ1n) is 13.0. The fourth-order valence-electron chi connectivity index (χ4n) is 4.77. The molecule has 2 fully saturated rings. The van der Waals surface area contributed by atoms with Gasteiger partial charge in [-0.05, 0) is 68.3 Å². The third kappa shape index (κ3) is 5.36. The van der Waals surface area contributed by atoms with Gasteiger partial charge in [-0.1, -0.05) is 0 Å². The van der Waals surface area contributed by atoms with Crippen LogP contribution in [0.3, 0.4) is 0 Å². The van der Waals surface area contributed by atoms with Gasteiger partial charge in [-0.25, -0.2) is 23.2 Å². The van der Waals surface area contributed by atoms with Gasteiger partial charge in [0.1, 0.15) is 10.6 Å². The zero-order chi connectivity index (χ0) is 28.3. The Morgan fingerprint density at radius 2 is 1.90 bits per heavy atom. The lowest BCUT2D eigenvalue weighted by Crippen LogP contribution is -2.44. The predicted octanol–water partition coefficient (Wildman–Crippen LogP) is 2.82. The summed E-state index contributed by atoms with van der Waals surface area (Å²) in [7, 11) is -3.81. The number of morpholine rings is 1. The van der Waals surface area contributed by atoms with Gasteiger partial charge in [0.15, 0.2) is 15.7 Å². The SMILES string of the molecule is C[C@H]1COCCN1c1cc(C2(S(=O)(=O)c3ccc(C#N)cc3)CC2)nc(-c2ccc(NC(=O)NCCO)cc2)n1. The van der Waals surface area contributed by atoms with Gasteiger partial charge >= 0.3 is 6.03 Å². The number of rotatable bonds is 8. The molecule has 1 aliphatic heterocycles. The summed E-state index contributed by atoms with van der Waals surface area (Å²) < 4.78 is 32.2. The van der Waals surface area contributed by atoms with Crippen molar-refractivity contribution in [2.75, 3.05) is 43.1 Å². The van der Waals surface area contributed by atoms with Gasteiger partial charge in [0, 0.05) is 30.4 Å². The minimum Gasteiger partial charge on any atom is -0.395 e. The first-order valence-corrected chi connectivity index (χ1v) is 14.5. The van der Waals surface area contributed by atoms with Crippen molar-refractivity contribution in [1.29, 1.82) is 5.26 Å². The van der Waals surface area contributed by atoms with E-state index in [-0.39, 0.29) is 24.1 Å². The number of nitrogens with zero attached hydrogens (tertiary/aromatic N) is 4. The number of aliphatic hydroxyl groups excluding tert-OH is 1. The van der Waals surface area contributed by atoms with Crippen LogP contribution in [0.1, 0.15) is 31.0 Å². The Morgan fingerprint density at radius 3 is 2.52 bits per heavy atom. The molecule has 1 saturated carbocycles. The third-order valence-electron chi connectivity index (χ3n) is 7.15. The summed E-state index contributed by atoms with van der Waals surface area (Å²) in [5, 5.41) is 23.2. The molecule has 3 aromatic rings. The lowest BCUT2D eigenvalue weighted by Gasteiger charge is -2.34. The van der Waals surface area contributed by atoms with E-state index < -0.39 is 20.6 Å². The number of carbonyl (C=O) groups is 1. The molecule has 2 aromatic carbocycles. The van der Waals surface area contributed by atoms with E-state index in [1.54, 1.807) is 30.3 Å². The normalized spacial score (nSPS) is 18.0. The number of aliphatic hydroxyl groups is 1. The van der Waals surface area contributed by atoms with Crippen LogP contribution in [0.4, 0.5) is 16.3 Å². The maximum atomic E-state index is 13.9. The van der Waals surface area contributed by atoms with E-state index in [1.165, 1.54) is 24.3 Å². The van der Waals surface area contributed by atoms with E-state index in [1.807, 2.05) is 13.0 Å². The van der Waals surface area contributed by atoms with E-state index in [9.17, 15) is 13.2 Å². The summed E-state index contributed by atoms with van der Waals surface area (Å²) in [5.74, 6) is 1.01. The molecule has 1 atom stereocenters. The number of sulfone groups is 1. The van der Waals surface area contributed by atoms with Crippen LogP contribution in [0, 0.1) is 11.3 Å². The third-order valence-corrected chi connectivity index (χ3v) is 9.69. The van der Waals surface area contributed by atoms with Crippen LogP contribution >= 0.6 is 0 Å². The molecule has 5 rings (SSSR count). The highest BCUT2D eigenvalue weighted by molar-refractivity contribution is 7.92. The number of carbonyl (C=O) groups excluding carboxylic acids is 1. The molecular weight excluding hydrogens is 532 g/mol. The second kappa shape index (κ2) is 11.2. The number of urea groups is 1. The van der Waals surface area contributed by atoms with Crippen molar-refractivity contribution in [2.24, 2.45) is 0 Å². The summed E-state index contributed by atoms with van der Waals surface area (Å²) in [4.78, 5) is 23.8. The molecule has 12 heteroatoms. The first kappa shape index (κ1) is 27.5. The van der Waals surface area contributed by atoms with E-state index in [2.05, 4.69) is 15.5 Å². The van der Waals surface area contributed by atoms with Gasteiger partial charge < -0.3 is 25.4 Å². The van der Waals surface area contributed by atoms with Crippen LogP contribution in [0.2, 0.25) is 0 Å². The fraction of sp³-hybridized carbons (Fsp3) is 0.357. The highest BCUT2D eigenvalue weighted by atomic mass is 32.2. The number of anilines is 2. The van der Waals surface area contributed by atoms with E-state index in [0.717, 1.165) is 0 Å². The number of aromatic nitrogens is 2.